The molecule has 4 rings (SSSR count). The van der Waals surface area contributed by atoms with Crippen molar-refractivity contribution < 1.29 is 4.74 Å². The monoisotopic (exact) mass is 448 g/mol. The van der Waals surface area contributed by atoms with Crippen LogP contribution < -0.4 is 26.0 Å². The molecule has 0 spiro atoms. The second kappa shape index (κ2) is 10.7. The van der Waals surface area contributed by atoms with E-state index in [-0.39, 0.29) is 0 Å². The van der Waals surface area contributed by atoms with Crippen molar-refractivity contribution in [1.29, 1.82) is 0 Å². The van der Waals surface area contributed by atoms with Crippen LogP contribution >= 0.6 is 20.1 Å². The fourth-order valence-corrected chi connectivity index (χ4v) is 7.65. The van der Waals surface area contributed by atoms with Gasteiger partial charge in [0.25, 0.3) is 0 Å². The van der Waals surface area contributed by atoms with Gasteiger partial charge in [0.05, 0.1) is 7.11 Å². The third-order valence-electron chi connectivity index (χ3n) is 5.79. The Kier molecular flexibility index (Phi) is 7.56. The fraction of sp³-hybridized carbons (Fsp3) is 0.269. The lowest BCUT2D eigenvalue weighted by Gasteiger charge is -2.39. The second-order valence-corrected chi connectivity index (χ2v) is 10.7. The highest BCUT2D eigenvalue weighted by Crippen LogP contribution is 2.46. The molecule has 3 nitrogen and oxygen atoms in total. The minimum absolute atomic E-state index is 0.360. The van der Waals surface area contributed by atoms with Crippen LogP contribution in [0.15, 0.2) is 84.9 Å². The number of ether oxygens (including phenoxy) is 1. The molecule has 1 aliphatic carbocycles. The zero-order valence-corrected chi connectivity index (χ0v) is 19.5. The molecule has 2 atom stereocenters. The number of rotatable bonds is 6. The summed E-state index contributed by atoms with van der Waals surface area (Å²) in [7, 11) is 1.20. The van der Waals surface area contributed by atoms with Gasteiger partial charge >= 0.3 is 0 Å². The van der Waals surface area contributed by atoms with Gasteiger partial charge in [-0.25, -0.2) is 0 Å². The molecule has 3 aromatic rings. The van der Waals surface area contributed by atoms with E-state index in [1.807, 2.05) is 24.3 Å². The molecule has 3 aromatic carbocycles. The van der Waals surface area contributed by atoms with E-state index < -0.39 is 7.92 Å². The van der Waals surface area contributed by atoms with Gasteiger partial charge in [0, 0.05) is 17.4 Å². The van der Waals surface area contributed by atoms with Crippen LogP contribution in [-0.2, 0) is 0 Å². The Hall–Kier alpha value is -2.42. The van der Waals surface area contributed by atoms with Crippen LogP contribution in [0.1, 0.15) is 25.7 Å². The van der Waals surface area contributed by atoms with Crippen LogP contribution in [0.2, 0.25) is 0 Å². The summed E-state index contributed by atoms with van der Waals surface area (Å²) in [4.78, 5) is 0. The first-order valence-electron chi connectivity index (χ1n) is 10.9. The van der Waals surface area contributed by atoms with E-state index in [9.17, 15) is 0 Å². The van der Waals surface area contributed by atoms with E-state index in [2.05, 4.69) is 71.3 Å². The number of methoxy groups -OCH3 is 1. The minimum Gasteiger partial charge on any atom is -0.497 e. The normalized spacial score (nSPS) is 18.4. The molecule has 2 N–H and O–H groups in total. The molecule has 0 aliphatic heterocycles. The molecule has 0 saturated heterocycles. The lowest BCUT2D eigenvalue weighted by atomic mass is 9.95. The number of hydrogen-bond acceptors (Lipinski definition) is 2. The van der Waals surface area contributed by atoms with Crippen molar-refractivity contribution in [1.82, 2.24) is 5.32 Å². The summed E-state index contributed by atoms with van der Waals surface area (Å²) < 4.78 is 5.25. The zero-order valence-electron chi connectivity index (χ0n) is 17.8. The van der Waals surface area contributed by atoms with Crippen LogP contribution in [0.25, 0.3) is 0 Å². The van der Waals surface area contributed by atoms with Gasteiger partial charge in [-0.15, -0.1) is 0 Å². The molecule has 0 heterocycles. The van der Waals surface area contributed by atoms with Gasteiger partial charge in [-0.3, -0.25) is 0 Å². The highest BCUT2D eigenvalue weighted by atomic mass is 32.1. The summed E-state index contributed by atoms with van der Waals surface area (Å²) in [5.41, 5.74) is 1.52. The summed E-state index contributed by atoms with van der Waals surface area (Å²) in [5.74, 6) is 0.841. The largest absolute Gasteiger partial charge is 0.497 e. The first-order valence-corrected chi connectivity index (χ1v) is 12.7. The van der Waals surface area contributed by atoms with Crippen LogP contribution in [0.3, 0.4) is 0 Å². The van der Waals surface area contributed by atoms with E-state index in [0.717, 1.165) is 17.9 Å². The molecule has 0 radical (unpaired) electrons. The topological polar surface area (TPSA) is 33.3 Å². The summed E-state index contributed by atoms with van der Waals surface area (Å²) in [5, 5.41) is 10.6. The molecule has 0 amide bonds. The van der Waals surface area contributed by atoms with Crippen LogP contribution in [0.4, 0.5) is 5.69 Å². The second-order valence-electron chi connectivity index (χ2n) is 7.83. The van der Waals surface area contributed by atoms with Crippen molar-refractivity contribution in [2.45, 2.75) is 37.4 Å². The van der Waals surface area contributed by atoms with Crippen LogP contribution in [0, 0.1) is 0 Å². The molecule has 1 saturated carbocycles. The Morgan fingerprint density at radius 2 is 1.42 bits per heavy atom. The highest BCUT2D eigenvalue weighted by molar-refractivity contribution is 7.80. The van der Waals surface area contributed by atoms with Crippen molar-refractivity contribution in [2.75, 3.05) is 12.4 Å². The molecule has 5 heteroatoms. The van der Waals surface area contributed by atoms with Gasteiger partial charge in [-0.1, -0.05) is 73.5 Å². The Morgan fingerprint density at radius 1 is 0.839 bits per heavy atom. The lowest BCUT2D eigenvalue weighted by molar-refractivity contribution is 0.415. The number of benzene rings is 3. The summed E-state index contributed by atoms with van der Waals surface area (Å²) >= 11 is 5.70. The van der Waals surface area contributed by atoms with Gasteiger partial charge in [0.15, 0.2) is 5.11 Å². The number of hydrogen-bond donors (Lipinski definition) is 2. The fourth-order valence-electron chi connectivity index (χ4n) is 4.31. The van der Waals surface area contributed by atoms with Gasteiger partial charge in [-0.2, -0.15) is 0 Å². The Morgan fingerprint density at radius 3 is 2.00 bits per heavy atom. The zero-order chi connectivity index (χ0) is 21.5. The minimum atomic E-state index is -0.471. The molecule has 1 fully saturated rings. The van der Waals surface area contributed by atoms with Crippen LogP contribution in [-0.4, -0.2) is 23.9 Å². The first-order chi connectivity index (χ1) is 15.2. The predicted octanol–water partition coefficient (Wildman–Crippen LogP) is 5.43. The van der Waals surface area contributed by atoms with Gasteiger partial charge in [-0.05, 0) is 67.9 Å². The molecule has 0 bridgehead atoms. The smallest absolute Gasteiger partial charge is 0.171 e. The standard InChI is InChI=1S/C26H29N2OPS/c1-29-21-18-16-20(17-19-21)27-26(31)28-24-14-8-9-15-25(24)30(22-10-4-2-5-11-22)23-12-6-3-7-13-23/h2-7,10-13,16-19,24-25H,8-9,14-15H2,1H3,(H2,27,28,31)/t24-,25-/m1/s1. The molecule has 0 aromatic heterocycles. The Balaban J connectivity index is 1.54. The van der Waals surface area contributed by atoms with Gasteiger partial charge in [0.2, 0.25) is 0 Å². The van der Waals surface area contributed by atoms with E-state index in [1.54, 1.807) is 7.11 Å². The first kappa shape index (κ1) is 21.8. The SMILES string of the molecule is COc1ccc(NC(=S)N[C@@H]2CCCC[C@H]2P(c2ccccc2)c2ccccc2)cc1. The maximum absolute atomic E-state index is 5.70. The molecule has 1 aliphatic rings. The maximum atomic E-state index is 5.70. The molecular formula is C26H29N2OPS. The summed E-state index contributed by atoms with van der Waals surface area (Å²) in [6.45, 7) is 0. The molecule has 0 unspecified atom stereocenters. The van der Waals surface area contributed by atoms with Gasteiger partial charge < -0.3 is 15.4 Å². The summed E-state index contributed by atoms with van der Waals surface area (Å²) in [6, 6.07) is 30.2. The van der Waals surface area contributed by atoms with Crippen molar-refractivity contribution in [3.05, 3.63) is 84.9 Å². The van der Waals surface area contributed by atoms with Crippen LogP contribution in [0.5, 0.6) is 5.75 Å². The number of nitrogens with one attached hydrogen (secondary N) is 2. The van der Waals surface area contributed by atoms with Gasteiger partial charge in [0.1, 0.15) is 5.75 Å². The third-order valence-corrected chi connectivity index (χ3v) is 9.00. The average molecular weight is 449 g/mol. The average Bonchev–Trinajstić information content (AvgIpc) is 2.82. The molecular weight excluding hydrogens is 419 g/mol. The van der Waals surface area contributed by atoms with E-state index in [4.69, 9.17) is 17.0 Å². The van der Waals surface area contributed by atoms with E-state index >= 15 is 0 Å². The van der Waals surface area contributed by atoms with Crippen molar-refractivity contribution >= 4 is 41.5 Å². The third kappa shape index (κ3) is 5.64. The lowest BCUT2D eigenvalue weighted by Crippen LogP contribution is -2.47. The maximum Gasteiger partial charge on any atom is 0.171 e. The Labute approximate surface area is 192 Å². The van der Waals surface area contributed by atoms with Crippen molar-refractivity contribution in [3.63, 3.8) is 0 Å². The quantitative estimate of drug-likeness (QED) is 0.389. The van der Waals surface area contributed by atoms with Crippen molar-refractivity contribution in [2.24, 2.45) is 0 Å². The highest BCUT2D eigenvalue weighted by Gasteiger charge is 2.34. The van der Waals surface area contributed by atoms with E-state index in [1.165, 1.54) is 29.9 Å². The number of anilines is 1. The Bertz CT molecular complexity index is 926. The predicted molar refractivity (Wildman–Crippen MR) is 137 cm³/mol. The molecule has 31 heavy (non-hydrogen) atoms. The summed E-state index contributed by atoms with van der Waals surface area (Å²) in [6.07, 6.45) is 4.89. The molecule has 160 valence electrons. The van der Waals surface area contributed by atoms with E-state index in [0.29, 0.717) is 16.8 Å². The number of thiocarbonyl (C=S) groups is 1. The van der Waals surface area contributed by atoms with Crippen molar-refractivity contribution in [3.8, 4) is 5.75 Å².